The van der Waals surface area contributed by atoms with Crippen molar-refractivity contribution in [1.82, 2.24) is 38.9 Å². The largest absolute Gasteiger partial charge is 0.493 e. The number of anilines is 4. The Morgan fingerprint density at radius 3 is 1.26 bits per heavy atom. The SMILES string of the molecule is CC(C)(C)C(=O)OC(=O)C(C)(C)C.COc1cc(Nc2ncc(C)c(-n3cc(C)c(CN4CC(O)C4)c3)n2)cc(C)c1OC.COc1cc(Nc2ncc(C)c(-n3cc(C)c(CN4CC(OC(=O)C(C)(C)C)C4)c3)n2)cc(C)c1OC. The molecule has 2 fully saturated rings. The second-order valence-electron chi connectivity index (χ2n) is 24.0. The fourth-order valence-electron chi connectivity index (χ4n) is 8.59. The van der Waals surface area contributed by atoms with E-state index >= 15 is 0 Å². The summed E-state index contributed by atoms with van der Waals surface area (Å²) in [6.45, 7) is 32.6. The third-order valence-electron chi connectivity index (χ3n) is 13.4. The molecule has 0 unspecified atom stereocenters. The van der Waals surface area contributed by atoms with Gasteiger partial charge in [0.15, 0.2) is 23.0 Å². The Kier molecular flexibility index (Phi) is 20.0. The van der Waals surface area contributed by atoms with Gasteiger partial charge in [-0.3, -0.25) is 24.2 Å². The number of methoxy groups -OCH3 is 4. The molecule has 0 aliphatic carbocycles. The molecule has 20 heteroatoms. The number of likely N-dealkylation sites (tertiary alicyclic amines) is 2. The summed E-state index contributed by atoms with van der Waals surface area (Å²) in [7, 11) is 6.49. The number of esters is 3. The minimum atomic E-state index is -0.624. The van der Waals surface area contributed by atoms with Gasteiger partial charge in [0.2, 0.25) is 11.9 Å². The van der Waals surface area contributed by atoms with Crippen molar-refractivity contribution in [2.24, 2.45) is 16.2 Å². The molecule has 0 saturated carbocycles. The average Bonchev–Trinajstić information content (AvgIpc) is 4.05. The fraction of sp³-hybridized carbons (Fsp3) is 0.492. The summed E-state index contributed by atoms with van der Waals surface area (Å²) in [6, 6.07) is 7.69. The van der Waals surface area contributed by atoms with Crippen LogP contribution >= 0.6 is 0 Å². The molecule has 3 N–H and O–H groups in total. The van der Waals surface area contributed by atoms with Gasteiger partial charge in [0.25, 0.3) is 0 Å². The molecule has 8 rings (SSSR count). The monoisotopic (exact) mass is 1120 g/mol. The van der Waals surface area contributed by atoms with E-state index in [0.717, 1.165) is 84.5 Å². The van der Waals surface area contributed by atoms with E-state index < -0.39 is 28.2 Å². The Hall–Kier alpha value is -7.55. The highest BCUT2D eigenvalue weighted by atomic mass is 16.6. The Morgan fingerprint density at radius 2 is 0.914 bits per heavy atom. The number of carbonyl (C=O) groups excluding carboxylic acids is 3. The molecule has 6 heterocycles. The minimum Gasteiger partial charge on any atom is -0.493 e. The lowest BCUT2D eigenvalue weighted by atomic mass is 9.95. The normalized spacial score (nSPS) is 14.0. The molecule has 4 aromatic heterocycles. The van der Waals surface area contributed by atoms with Gasteiger partial charge < -0.3 is 53.3 Å². The average molecular weight is 1120 g/mol. The number of carbonyl (C=O) groups is 3. The smallest absolute Gasteiger partial charge is 0.318 e. The minimum absolute atomic E-state index is 0.0351. The number of benzene rings is 2. The van der Waals surface area contributed by atoms with Gasteiger partial charge in [0, 0.05) is 111 Å². The molecule has 0 radical (unpaired) electrons. The standard InChI is InChI=1S/C28H37N5O4.C23H29N5O3.C10H18O3/c1-17-9-21(10-23(35-7)24(17)36-8)30-27-29-11-18(2)25(31-27)33-12-19(3)20(14-33)13-32-15-22(16-32)37-26(34)28(4,5)6;1-14-6-18(7-20(30-4)21(14)31-5)25-23-24-8-15(2)22(26-23)28-9-16(3)17(11-28)10-27-12-19(29)13-27;1-9(2,3)7(11)13-8(12)10(4,5)6/h9-12,14,22H,13,15-16H2,1-8H3,(H,29,30,31);6-9,11,19,29H,10,12-13H2,1-5H3,(H,24,25,26);1-6H3. The first-order chi connectivity index (χ1) is 37.9. The molecule has 438 valence electrons. The second-order valence-corrected chi connectivity index (χ2v) is 24.0. The van der Waals surface area contributed by atoms with E-state index in [-0.39, 0.29) is 18.2 Å². The lowest BCUT2D eigenvalue weighted by Crippen LogP contribution is -2.53. The van der Waals surface area contributed by atoms with E-state index in [2.05, 4.69) is 69.0 Å². The van der Waals surface area contributed by atoms with Crippen molar-refractivity contribution < 1.29 is 47.9 Å². The highest BCUT2D eigenvalue weighted by Crippen LogP contribution is 2.37. The number of hydrogen-bond donors (Lipinski definition) is 3. The van der Waals surface area contributed by atoms with Crippen molar-refractivity contribution in [2.45, 2.75) is 129 Å². The first-order valence-electron chi connectivity index (χ1n) is 27.0. The van der Waals surface area contributed by atoms with Crippen LogP contribution in [0.1, 0.15) is 107 Å². The lowest BCUT2D eigenvalue weighted by Gasteiger charge is -2.39. The predicted molar refractivity (Wildman–Crippen MR) is 313 cm³/mol. The number of ether oxygens (including phenoxy) is 6. The molecule has 81 heavy (non-hydrogen) atoms. The molecule has 2 aliphatic rings. The maximum absolute atomic E-state index is 12.1. The number of nitrogens with one attached hydrogen (secondary N) is 2. The summed E-state index contributed by atoms with van der Waals surface area (Å²) >= 11 is 0. The van der Waals surface area contributed by atoms with E-state index in [9.17, 15) is 19.5 Å². The van der Waals surface area contributed by atoms with Crippen molar-refractivity contribution in [3.05, 3.63) is 106 Å². The van der Waals surface area contributed by atoms with Gasteiger partial charge in [0.1, 0.15) is 17.7 Å². The molecule has 6 aromatic rings. The van der Waals surface area contributed by atoms with E-state index in [0.29, 0.717) is 34.9 Å². The topological polar surface area (TPSA) is 219 Å². The summed E-state index contributed by atoms with van der Waals surface area (Å²) in [5.41, 5.74) is 8.59. The molecular weight excluding hydrogens is 1030 g/mol. The maximum Gasteiger partial charge on any atom is 0.318 e. The molecule has 2 aromatic carbocycles. The first-order valence-corrected chi connectivity index (χ1v) is 27.0. The van der Waals surface area contributed by atoms with Crippen LogP contribution in [0.4, 0.5) is 23.3 Å². The number of aromatic nitrogens is 6. The Bertz CT molecular complexity index is 3170. The summed E-state index contributed by atoms with van der Waals surface area (Å²) < 4.78 is 36.2. The molecular formula is C61H84N10O10. The van der Waals surface area contributed by atoms with Gasteiger partial charge >= 0.3 is 17.9 Å². The molecule has 20 nitrogen and oxygen atoms in total. The molecule has 0 atom stereocenters. The van der Waals surface area contributed by atoms with E-state index in [4.69, 9.17) is 38.4 Å². The Morgan fingerprint density at radius 1 is 0.531 bits per heavy atom. The van der Waals surface area contributed by atoms with E-state index in [1.54, 1.807) is 70.0 Å². The van der Waals surface area contributed by atoms with Gasteiger partial charge in [-0.15, -0.1) is 0 Å². The van der Waals surface area contributed by atoms with Crippen LogP contribution in [0.5, 0.6) is 23.0 Å². The van der Waals surface area contributed by atoms with Crippen LogP contribution in [0.15, 0.2) is 61.4 Å². The van der Waals surface area contributed by atoms with Gasteiger partial charge in [-0.25, -0.2) is 9.97 Å². The first kappa shape index (κ1) is 62.6. The number of hydrogen-bond acceptors (Lipinski definition) is 18. The number of β-amino-alcohol motifs (C(OH)–C–C–N with tert-alkyl or cyclic N) is 1. The van der Waals surface area contributed by atoms with Crippen LogP contribution < -0.4 is 29.6 Å². The van der Waals surface area contributed by atoms with E-state index in [1.165, 1.54) is 22.3 Å². The second kappa shape index (κ2) is 25.9. The Balaban J connectivity index is 0.000000217. The van der Waals surface area contributed by atoms with Crippen LogP contribution in [-0.2, 0) is 36.9 Å². The highest BCUT2D eigenvalue weighted by molar-refractivity contribution is 5.90. The van der Waals surface area contributed by atoms with Gasteiger partial charge in [-0.05, 0) is 149 Å². The van der Waals surface area contributed by atoms with Gasteiger partial charge in [-0.1, -0.05) is 0 Å². The molecule has 0 amide bonds. The third-order valence-corrected chi connectivity index (χ3v) is 13.4. The molecule has 0 bridgehead atoms. The predicted octanol–water partition coefficient (Wildman–Crippen LogP) is 10.0. The van der Waals surface area contributed by atoms with Crippen LogP contribution in [0.3, 0.4) is 0 Å². The van der Waals surface area contributed by atoms with Gasteiger partial charge in [-0.2, -0.15) is 9.97 Å². The van der Waals surface area contributed by atoms with E-state index in [1.807, 2.05) is 94.3 Å². The van der Waals surface area contributed by atoms with Crippen molar-refractivity contribution in [3.8, 4) is 34.6 Å². The van der Waals surface area contributed by atoms with Crippen molar-refractivity contribution >= 4 is 41.2 Å². The van der Waals surface area contributed by atoms with Crippen molar-refractivity contribution in [1.29, 1.82) is 0 Å². The van der Waals surface area contributed by atoms with Crippen molar-refractivity contribution in [2.75, 3.05) is 65.3 Å². The molecule has 0 spiro atoms. The summed E-state index contributed by atoms with van der Waals surface area (Å²) in [5, 5.41) is 16.1. The number of aryl methyl sites for hydroxylation is 6. The van der Waals surface area contributed by atoms with Crippen LogP contribution in [0.25, 0.3) is 11.6 Å². The summed E-state index contributed by atoms with van der Waals surface area (Å²) in [6.07, 6.45) is 11.8. The zero-order valence-electron chi connectivity index (χ0n) is 50.9. The van der Waals surface area contributed by atoms with Crippen molar-refractivity contribution in [3.63, 3.8) is 0 Å². The van der Waals surface area contributed by atoms with Crippen LogP contribution in [-0.4, -0.2) is 129 Å². The number of aliphatic hydroxyl groups is 1. The van der Waals surface area contributed by atoms with Crippen LogP contribution in [0.2, 0.25) is 0 Å². The molecule has 2 aliphatic heterocycles. The number of rotatable bonds is 15. The maximum atomic E-state index is 12.1. The fourth-order valence-corrected chi connectivity index (χ4v) is 8.59. The van der Waals surface area contributed by atoms with Gasteiger partial charge in [0.05, 0.1) is 50.8 Å². The number of aliphatic hydroxyl groups excluding tert-OH is 1. The number of nitrogens with zero attached hydrogens (tertiary/aromatic N) is 8. The zero-order valence-corrected chi connectivity index (χ0v) is 50.9. The highest BCUT2D eigenvalue weighted by Gasteiger charge is 2.34. The third kappa shape index (κ3) is 16.3. The zero-order chi connectivity index (χ0) is 59.9. The lowest BCUT2D eigenvalue weighted by molar-refractivity contribution is -0.171. The van der Waals surface area contributed by atoms with Crippen LogP contribution in [0, 0.1) is 57.8 Å². The molecule has 2 saturated heterocycles. The summed E-state index contributed by atoms with van der Waals surface area (Å²) in [4.78, 5) is 57.7. The Labute approximate surface area is 477 Å². The quantitative estimate of drug-likeness (QED) is 0.0643. The summed E-state index contributed by atoms with van der Waals surface area (Å²) in [5.74, 6) is 4.24.